The lowest BCUT2D eigenvalue weighted by molar-refractivity contribution is 0.381. The van der Waals surface area contributed by atoms with E-state index >= 15 is 0 Å². The summed E-state index contributed by atoms with van der Waals surface area (Å²) in [7, 11) is 0. The maximum Gasteiger partial charge on any atom is 0.0516 e. The third-order valence-electron chi connectivity index (χ3n) is 3.33. The van der Waals surface area contributed by atoms with Crippen LogP contribution < -0.4 is 5.32 Å². The van der Waals surface area contributed by atoms with Crippen LogP contribution in [0.3, 0.4) is 0 Å². The Bertz CT molecular complexity index is 304. The van der Waals surface area contributed by atoms with Crippen LogP contribution in [0.25, 0.3) is 0 Å². The van der Waals surface area contributed by atoms with Gasteiger partial charge in [-0.3, -0.25) is 0 Å². The van der Waals surface area contributed by atoms with E-state index in [0.717, 1.165) is 17.5 Å². The molecule has 0 amide bonds. The van der Waals surface area contributed by atoms with Gasteiger partial charge in [-0.1, -0.05) is 24.4 Å². The molecular formula is C12H18ClNS. The molecule has 1 aliphatic rings. The zero-order valence-corrected chi connectivity index (χ0v) is 10.7. The van der Waals surface area contributed by atoms with E-state index in [-0.39, 0.29) is 0 Å². The Labute approximate surface area is 101 Å². The molecule has 1 aromatic heterocycles. The van der Waals surface area contributed by atoms with Crippen molar-refractivity contribution < 1.29 is 0 Å². The van der Waals surface area contributed by atoms with Crippen molar-refractivity contribution in [2.75, 3.05) is 0 Å². The summed E-state index contributed by atoms with van der Waals surface area (Å²) >= 11 is 7.63. The second-order valence-electron chi connectivity index (χ2n) is 4.45. The number of nitrogens with one attached hydrogen (secondary N) is 1. The van der Waals surface area contributed by atoms with Crippen molar-refractivity contribution in [1.29, 1.82) is 0 Å². The van der Waals surface area contributed by atoms with Gasteiger partial charge in [0, 0.05) is 22.8 Å². The first-order valence-corrected chi connectivity index (χ1v) is 6.98. The molecule has 1 heterocycles. The second kappa shape index (κ2) is 5.33. The zero-order valence-electron chi connectivity index (χ0n) is 9.13. The minimum atomic E-state index is 0.647. The first-order chi connectivity index (χ1) is 7.25. The number of halogens is 1. The maximum atomic E-state index is 5.89. The van der Waals surface area contributed by atoms with E-state index in [1.54, 1.807) is 11.3 Å². The Morgan fingerprint density at radius 3 is 2.87 bits per heavy atom. The zero-order chi connectivity index (χ0) is 10.7. The molecule has 1 saturated carbocycles. The summed E-state index contributed by atoms with van der Waals surface area (Å²) in [6.45, 7) is 3.28. The molecular weight excluding hydrogens is 226 g/mol. The minimum absolute atomic E-state index is 0.647. The maximum absolute atomic E-state index is 5.89. The first-order valence-electron chi connectivity index (χ1n) is 5.72. The van der Waals surface area contributed by atoms with Gasteiger partial charge in [0.1, 0.15) is 0 Å². The lowest BCUT2D eigenvalue weighted by Crippen LogP contribution is -2.31. The summed E-state index contributed by atoms with van der Waals surface area (Å²) < 4.78 is 0. The Morgan fingerprint density at radius 2 is 2.27 bits per heavy atom. The average molecular weight is 244 g/mol. The first kappa shape index (κ1) is 11.4. The minimum Gasteiger partial charge on any atom is -0.309 e. The Kier molecular flexibility index (Phi) is 4.06. The molecule has 0 aromatic carbocycles. The molecule has 1 nitrogen and oxygen atoms in total. The summed E-state index contributed by atoms with van der Waals surface area (Å²) in [5.74, 6) is 0.889. The fraction of sp³-hybridized carbons (Fsp3) is 0.667. The van der Waals surface area contributed by atoms with Crippen molar-refractivity contribution in [3.05, 3.63) is 21.3 Å². The average Bonchev–Trinajstić information content (AvgIpc) is 2.84. The van der Waals surface area contributed by atoms with Crippen molar-refractivity contribution in [2.24, 2.45) is 5.92 Å². The molecule has 1 aliphatic carbocycles. The monoisotopic (exact) mass is 243 g/mol. The Hall–Kier alpha value is -0.0500. The molecule has 1 N–H and O–H groups in total. The van der Waals surface area contributed by atoms with E-state index in [9.17, 15) is 0 Å². The highest BCUT2D eigenvalue weighted by Gasteiger charge is 2.20. The molecule has 1 aromatic rings. The molecule has 3 heteroatoms. The van der Waals surface area contributed by atoms with E-state index in [4.69, 9.17) is 11.6 Å². The topological polar surface area (TPSA) is 12.0 Å². The molecule has 0 bridgehead atoms. The molecule has 1 fully saturated rings. The van der Waals surface area contributed by atoms with Crippen LogP contribution in [0.4, 0.5) is 0 Å². The predicted molar refractivity (Wildman–Crippen MR) is 67.6 cm³/mol. The van der Waals surface area contributed by atoms with Crippen LogP contribution in [0, 0.1) is 5.92 Å². The molecule has 0 unspecified atom stereocenters. The van der Waals surface area contributed by atoms with Crippen molar-refractivity contribution in [1.82, 2.24) is 5.32 Å². The van der Waals surface area contributed by atoms with E-state index in [1.165, 1.54) is 30.6 Å². The van der Waals surface area contributed by atoms with Gasteiger partial charge < -0.3 is 5.32 Å². The molecule has 0 radical (unpaired) electrons. The second-order valence-corrected chi connectivity index (χ2v) is 5.88. The van der Waals surface area contributed by atoms with Crippen LogP contribution in [0.1, 0.15) is 37.5 Å². The van der Waals surface area contributed by atoms with E-state index in [1.807, 2.05) is 5.38 Å². The third kappa shape index (κ3) is 3.20. The fourth-order valence-corrected chi connectivity index (χ4v) is 3.36. The highest BCUT2D eigenvalue weighted by Crippen LogP contribution is 2.28. The van der Waals surface area contributed by atoms with Gasteiger partial charge in [0.2, 0.25) is 0 Å². The molecule has 1 atom stereocenters. The standard InChI is InChI=1S/C12H18ClNS/c1-9(10-4-2-3-5-10)14-7-12-6-11(13)8-15-12/h6,8-10,14H,2-5,7H2,1H3/t9-/m1/s1. The molecule has 0 saturated heterocycles. The van der Waals surface area contributed by atoms with Crippen LogP contribution in [0.5, 0.6) is 0 Å². The van der Waals surface area contributed by atoms with Crippen molar-refractivity contribution in [3.8, 4) is 0 Å². The summed E-state index contributed by atoms with van der Waals surface area (Å²) in [4.78, 5) is 1.34. The van der Waals surface area contributed by atoms with Crippen LogP contribution in [-0.2, 0) is 6.54 Å². The largest absolute Gasteiger partial charge is 0.309 e. The van der Waals surface area contributed by atoms with E-state index in [0.29, 0.717) is 6.04 Å². The molecule has 15 heavy (non-hydrogen) atoms. The highest BCUT2D eigenvalue weighted by atomic mass is 35.5. The Morgan fingerprint density at radius 1 is 1.53 bits per heavy atom. The smallest absolute Gasteiger partial charge is 0.0516 e. The summed E-state index contributed by atoms with van der Waals surface area (Å²) in [5, 5.41) is 6.47. The lowest BCUT2D eigenvalue weighted by atomic mass is 10.00. The van der Waals surface area contributed by atoms with Gasteiger partial charge >= 0.3 is 0 Å². The number of thiophene rings is 1. The number of hydrogen-bond donors (Lipinski definition) is 1. The quantitative estimate of drug-likeness (QED) is 0.841. The summed E-state index contributed by atoms with van der Waals surface area (Å²) in [5.41, 5.74) is 0. The Balaban J connectivity index is 1.77. The van der Waals surface area contributed by atoms with Crippen LogP contribution in [-0.4, -0.2) is 6.04 Å². The predicted octanol–water partition coefficient (Wildman–Crippen LogP) is 4.07. The van der Waals surface area contributed by atoms with Gasteiger partial charge in [-0.15, -0.1) is 11.3 Å². The summed E-state index contributed by atoms with van der Waals surface area (Å²) in [6.07, 6.45) is 5.64. The number of rotatable bonds is 4. The van der Waals surface area contributed by atoms with Gasteiger partial charge in [0.15, 0.2) is 0 Å². The van der Waals surface area contributed by atoms with E-state index < -0.39 is 0 Å². The summed E-state index contributed by atoms with van der Waals surface area (Å²) in [6, 6.07) is 2.70. The van der Waals surface area contributed by atoms with Crippen LogP contribution in [0.2, 0.25) is 5.02 Å². The van der Waals surface area contributed by atoms with Gasteiger partial charge in [0.05, 0.1) is 5.02 Å². The van der Waals surface area contributed by atoms with Gasteiger partial charge in [-0.25, -0.2) is 0 Å². The van der Waals surface area contributed by atoms with Crippen LogP contribution >= 0.6 is 22.9 Å². The van der Waals surface area contributed by atoms with Crippen molar-refractivity contribution in [3.63, 3.8) is 0 Å². The lowest BCUT2D eigenvalue weighted by Gasteiger charge is -2.19. The molecule has 84 valence electrons. The fourth-order valence-electron chi connectivity index (χ4n) is 2.33. The van der Waals surface area contributed by atoms with Crippen molar-refractivity contribution >= 4 is 22.9 Å². The van der Waals surface area contributed by atoms with Crippen LogP contribution in [0.15, 0.2) is 11.4 Å². The third-order valence-corrected chi connectivity index (χ3v) is 4.61. The highest BCUT2D eigenvalue weighted by molar-refractivity contribution is 7.10. The van der Waals surface area contributed by atoms with Crippen molar-refractivity contribution in [2.45, 2.75) is 45.2 Å². The van der Waals surface area contributed by atoms with Gasteiger partial charge in [-0.2, -0.15) is 0 Å². The molecule has 0 spiro atoms. The van der Waals surface area contributed by atoms with Gasteiger partial charge in [-0.05, 0) is 31.7 Å². The number of hydrogen-bond acceptors (Lipinski definition) is 2. The SMILES string of the molecule is C[C@@H](NCc1cc(Cl)cs1)C1CCCC1. The van der Waals surface area contributed by atoms with Gasteiger partial charge in [0.25, 0.3) is 0 Å². The molecule has 2 rings (SSSR count). The normalized spacial score (nSPS) is 19.6. The van der Waals surface area contributed by atoms with E-state index in [2.05, 4.69) is 18.3 Å². The molecule has 0 aliphatic heterocycles.